The molecule has 174 valence electrons. The van der Waals surface area contributed by atoms with Gasteiger partial charge in [-0.15, -0.1) is 24.0 Å². The molecule has 1 unspecified atom stereocenters. The van der Waals surface area contributed by atoms with Gasteiger partial charge in [0, 0.05) is 18.2 Å². The fourth-order valence-corrected chi connectivity index (χ4v) is 2.60. The minimum absolute atomic E-state index is 0. The Bertz CT molecular complexity index is 909. The van der Waals surface area contributed by atoms with Gasteiger partial charge in [-0.25, -0.2) is 9.38 Å². The number of rotatable bonds is 10. The quantitative estimate of drug-likeness (QED) is 0.203. The van der Waals surface area contributed by atoms with Gasteiger partial charge in [0.15, 0.2) is 5.96 Å². The van der Waals surface area contributed by atoms with Crippen molar-refractivity contribution in [1.82, 2.24) is 16.0 Å². The van der Waals surface area contributed by atoms with E-state index in [0.29, 0.717) is 36.9 Å². The number of nitrogens with two attached hydrogens (primary N) is 1. The number of guanidine groups is 1. The maximum absolute atomic E-state index is 13.3. The number of nitrogens with zero attached hydrogens (tertiary/aromatic N) is 1. The third kappa shape index (κ3) is 9.94. The van der Waals surface area contributed by atoms with Gasteiger partial charge in [-0.1, -0.05) is 18.2 Å². The molecule has 5 N–H and O–H groups in total. The van der Waals surface area contributed by atoms with E-state index in [1.165, 1.54) is 12.1 Å². The van der Waals surface area contributed by atoms with Gasteiger partial charge in [-0.05, 0) is 43.7 Å². The molecule has 1 atom stereocenters. The van der Waals surface area contributed by atoms with Gasteiger partial charge >= 0.3 is 0 Å². The second-order valence-electron chi connectivity index (χ2n) is 6.81. The van der Waals surface area contributed by atoms with Crippen molar-refractivity contribution >= 4 is 41.8 Å². The first kappa shape index (κ1) is 27.1. The predicted molar refractivity (Wildman–Crippen MR) is 133 cm³/mol. The van der Waals surface area contributed by atoms with E-state index in [0.717, 1.165) is 5.56 Å². The summed E-state index contributed by atoms with van der Waals surface area (Å²) in [5.74, 6) is -0.227. The van der Waals surface area contributed by atoms with Gasteiger partial charge in [0.25, 0.3) is 5.91 Å². The summed E-state index contributed by atoms with van der Waals surface area (Å²) in [5, 5.41) is 8.79. The Morgan fingerprint density at radius 2 is 1.84 bits per heavy atom. The standard InChI is InChI=1S/C22H28FN5O3.HI/c1-3-25-22(27-12-15(2)31-19-6-4-5-18(23)11-19)28-13-16-7-9-17(10-8-16)21(30)26-14-20(24)29;/h4-11,15H,3,12-14H2,1-2H3,(H2,24,29)(H,26,30)(H2,25,27,28);1H. The zero-order chi connectivity index (χ0) is 22.6. The highest BCUT2D eigenvalue weighted by Gasteiger charge is 2.08. The lowest BCUT2D eigenvalue weighted by Gasteiger charge is -2.17. The first-order valence-corrected chi connectivity index (χ1v) is 9.97. The number of halogens is 2. The molecule has 2 aromatic rings. The van der Waals surface area contributed by atoms with Crippen molar-refractivity contribution in [2.24, 2.45) is 10.7 Å². The fraction of sp³-hybridized carbons (Fsp3) is 0.318. The van der Waals surface area contributed by atoms with Gasteiger partial charge in [0.2, 0.25) is 5.91 Å². The Hall–Kier alpha value is -2.89. The zero-order valence-corrected chi connectivity index (χ0v) is 20.4. The SMILES string of the molecule is CCNC(=NCc1ccc(C(=O)NCC(N)=O)cc1)NCC(C)Oc1cccc(F)c1.I. The third-order valence-electron chi connectivity index (χ3n) is 4.09. The summed E-state index contributed by atoms with van der Waals surface area (Å²) in [5.41, 5.74) is 6.36. The summed E-state index contributed by atoms with van der Waals surface area (Å²) in [6.07, 6.45) is -0.205. The van der Waals surface area contributed by atoms with Crippen molar-refractivity contribution in [3.8, 4) is 5.75 Å². The smallest absolute Gasteiger partial charge is 0.251 e. The van der Waals surface area contributed by atoms with E-state index in [4.69, 9.17) is 10.5 Å². The van der Waals surface area contributed by atoms with Crippen molar-refractivity contribution in [3.63, 3.8) is 0 Å². The van der Waals surface area contributed by atoms with Crippen LogP contribution in [-0.2, 0) is 11.3 Å². The monoisotopic (exact) mass is 557 g/mol. The molecule has 2 rings (SSSR count). The Morgan fingerprint density at radius 1 is 1.12 bits per heavy atom. The summed E-state index contributed by atoms with van der Waals surface area (Å²) in [6.45, 7) is 5.19. The molecule has 0 saturated heterocycles. The van der Waals surface area contributed by atoms with E-state index >= 15 is 0 Å². The van der Waals surface area contributed by atoms with E-state index in [-0.39, 0.29) is 48.3 Å². The molecule has 32 heavy (non-hydrogen) atoms. The van der Waals surface area contributed by atoms with Gasteiger partial charge in [0.05, 0.1) is 19.6 Å². The van der Waals surface area contributed by atoms with Crippen molar-refractivity contribution in [2.45, 2.75) is 26.5 Å². The number of nitrogens with one attached hydrogen (secondary N) is 3. The van der Waals surface area contributed by atoms with Crippen LogP contribution in [0.15, 0.2) is 53.5 Å². The summed E-state index contributed by atoms with van der Waals surface area (Å²) in [6, 6.07) is 12.9. The highest BCUT2D eigenvalue weighted by Crippen LogP contribution is 2.13. The number of hydrogen-bond acceptors (Lipinski definition) is 4. The summed E-state index contributed by atoms with van der Waals surface area (Å²) >= 11 is 0. The molecule has 10 heteroatoms. The van der Waals surface area contributed by atoms with Crippen LogP contribution in [-0.4, -0.2) is 43.5 Å². The fourth-order valence-electron chi connectivity index (χ4n) is 2.60. The number of ether oxygens (including phenoxy) is 1. The van der Waals surface area contributed by atoms with E-state index in [2.05, 4.69) is 20.9 Å². The summed E-state index contributed by atoms with van der Waals surface area (Å²) < 4.78 is 19.0. The Morgan fingerprint density at radius 3 is 2.47 bits per heavy atom. The molecule has 0 saturated carbocycles. The van der Waals surface area contributed by atoms with E-state index < -0.39 is 5.91 Å². The van der Waals surface area contributed by atoms with E-state index in [1.807, 2.05) is 13.8 Å². The number of carbonyl (C=O) groups is 2. The van der Waals surface area contributed by atoms with Gasteiger partial charge < -0.3 is 26.4 Å². The molecular weight excluding hydrogens is 528 g/mol. The van der Waals surface area contributed by atoms with Crippen molar-refractivity contribution in [2.75, 3.05) is 19.6 Å². The molecular formula is C22H29FIN5O3. The Labute approximate surface area is 204 Å². The summed E-state index contributed by atoms with van der Waals surface area (Å²) in [4.78, 5) is 27.2. The first-order chi connectivity index (χ1) is 14.9. The Kier molecular flexibility index (Phi) is 12.1. The van der Waals surface area contributed by atoms with E-state index in [1.54, 1.807) is 36.4 Å². The zero-order valence-electron chi connectivity index (χ0n) is 18.1. The van der Waals surface area contributed by atoms with Gasteiger partial charge in [-0.2, -0.15) is 0 Å². The van der Waals surface area contributed by atoms with Crippen LogP contribution in [0.25, 0.3) is 0 Å². The molecule has 0 aliphatic carbocycles. The van der Waals surface area contributed by atoms with Crippen LogP contribution in [0.4, 0.5) is 4.39 Å². The number of benzene rings is 2. The maximum Gasteiger partial charge on any atom is 0.251 e. The normalized spacial score (nSPS) is 11.7. The molecule has 0 aliphatic rings. The van der Waals surface area contributed by atoms with E-state index in [9.17, 15) is 14.0 Å². The molecule has 0 fully saturated rings. The van der Waals surface area contributed by atoms with Crippen LogP contribution in [0, 0.1) is 5.82 Å². The van der Waals surface area contributed by atoms with Crippen molar-refractivity contribution in [3.05, 3.63) is 65.5 Å². The Balaban J connectivity index is 0.00000512. The van der Waals surface area contributed by atoms with Crippen molar-refractivity contribution in [1.29, 1.82) is 0 Å². The van der Waals surface area contributed by atoms with Crippen LogP contribution in [0.1, 0.15) is 29.8 Å². The van der Waals surface area contributed by atoms with Crippen LogP contribution >= 0.6 is 24.0 Å². The number of hydrogen-bond donors (Lipinski definition) is 4. The van der Waals surface area contributed by atoms with Gasteiger partial charge in [-0.3, -0.25) is 9.59 Å². The first-order valence-electron chi connectivity index (χ1n) is 9.97. The predicted octanol–water partition coefficient (Wildman–Crippen LogP) is 2.18. The molecule has 2 amide bonds. The topological polar surface area (TPSA) is 118 Å². The molecule has 0 spiro atoms. The minimum atomic E-state index is -0.599. The molecule has 0 heterocycles. The second-order valence-corrected chi connectivity index (χ2v) is 6.81. The van der Waals surface area contributed by atoms with Crippen LogP contribution in [0.3, 0.4) is 0 Å². The van der Waals surface area contributed by atoms with Crippen LogP contribution < -0.4 is 26.4 Å². The number of amides is 2. The average molecular weight is 557 g/mol. The number of primary amides is 1. The lowest BCUT2D eigenvalue weighted by atomic mass is 10.1. The van der Waals surface area contributed by atoms with Crippen LogP contribution in [0.2, 0.25) is 0 Å². The highest BCUT2D eigenvalue weighted by molar-refractivity contribution is 14.0. The minimum Gasteiger partial charge on any atom is -0.489 e. The second kappa shape index (κ2) is 14.2. The molecule has 2 aromatic carbocycles. The molecule has 0 aliphatic heterocycles. The molecule has 0 bridgehead atoms. The third-order valence-corrected chi connectivity index (χ3v) is 4.09. The lowest BCUT2D eigenvalue weighted by Crippen LogP contribution is -2.41. The number of carbonyl (C=O) groups excluding carboxylic acids is 2. The van der Waals surface area contributed by atoms with Crippen molar-refractivity contribution < 1.29 is 18.7 Å². The average Bonchev–Trinajstić information content (AvgIpc) is 2.74. The molecule has 0 radical (unpaired) electrons. The van der Waals surface area contributed by atoms with Crippen LogP contribution in [0.5, 0.6) is 5.75 Å². The largest absolute Gasteiger partial charge is 0.489 e. The highest BCUT2D eigenvalue weighted by atomic mass is 127. The van der Waals surface area contributed by atoms with Gasteiger partial charge in [0.1, 0.15) is 17.7 Å². The molecule has 0 aromatic heterocycles. The lowest BCUT2D eigenvalue weighted by molar-refractivity contribution is -0.117. The maximum atomic E-state index is 13.3. The number of aliphatic imine (C=N–C) groups is 1. The summed E-state index contributed by atoms with van der Waals surface area (Å²) in [7, 11) is 0. The molecule has 8 nitrogen and oxygen atoms in total.